The highest BCUT2D eigenvalue weighted by atomic mass is 32.1. The maximum atomic E-state index is 12.4. The number of rotatable bonds is 6. The molecule has 2 aliphatic rings. The first-order chi connectivity index (χ1) is 12.1. The topological polar surface area (TPSA) is 82.3 Å². The summed E-state index contributed by atoms with van der Waals surface area (Å²) in [6.07, 6.45) is 3.07. The van der Waals surface area contributed by atoms with Crippen LogP contribution in [0.5, 0.6) is 0 Å². The number of carbonyl (C=O) groups is 2. The monoisotopic (exact) mass is 364 g/mol. The van der Waals surface area contributed by atoms with Crippen LogP contribution in [-0.4, -0.2) is 30.4 Å². The van der Waals surface area contributed by atoms with E-state index in [1.54, 1.807) is 18.3 Å². The zero-order valence-corrected chi connectivity index (χ0v) is 15.8. The summed E-state index contributed by atoms with van der Waals surface area (Å²) >= 11 is 1.74. The Labute approximate surface area is 153 Å². The molecule has 0 radical (unpaired) electrons. The highest BCUT2D eigenvalue weighted by molar-refractivity contribution is 7.12. The van der Waals surface area contributed by atoms with Crippen molar-refractivity contribution in [1.29, 1.82) is 0 Å². The van der Waals surface area contributed by atoms with Gasteiger partial charge in [-0.05, 0) is 43.9 Å². The van der Waals surface area contributed by atoms with Gasteiger partial charge in [-0.15, -0.1) is 11.3 Å². The molecule has 3 rings (SSSR count). The van der Waals surface area contributed by atoms with E-state index in [0.29, 0.717) is 12.5 Å². The number of hydrogen-bond donors (Lipinski definition) is 4. The summed E-state index contributed by atoms with van der Waals surface area (Å²) in [6, 6.07) is 1.45. The van der Waals surface area contributed by atoms with Gasteiger partial charge in [0.05, 0.1) is 12.6 Å². The number of amides is 2. The predicted molar refractivity (Wildman–Crippen MR) is 99.1 cm³/mol. The minimum absolute atomic E-state index is 0.0676. The van der Waals surface area contributed by atoms with Gasteiger partial charge in [0, 0.05) is 22.8 Å². The first-order valence-electron chi connectivity index (χ1n) is 9.19. The molecule has 6 nitrogen and oxygen atoms in total. The van der Waals surface area contributed by atoms with E-state index in [9.17, 15) is 9.59 Å². The Hall–Kier alpha value is -1.44. The van der Waals surface area contributed by atoms with Crippen LogP contribution < -0.4 is 21.3 Å². The first kappa shape index (κ1) is 18.4. The van der Waals surface area contributed by atoms with E-state index in [1.165, 1.54) is 10.4 Å². The molecule has 0 spiro atoms. The average Bonchev–Trinajstić information content (AvgIpc) is 3.21. The lowest BCUT2D eigenvalue weighted by atomic mass is 9.90. The molecule has 0 unspecified atom stereocenters. The minimum atomic E-state index is -0.523. The first-order valence-corrected chi connectivity index (χ1v) is 10.0. The molecule has 138 valence electrons. The molecule has 1 aromatic heterocycles. The van der Waals surface area contributed by atoms with Gasteiger partial charge in [0.25, 0.3) is 0 Å². The third kappa shape index (κ3) is 4.59. The molecule has 0 saturated carbocycles. The van der Waals surface area contributed by atoms with Gasteiger partial charge in [0.2, 0.25) is 11.8 Å². The van der Waals surface area contributed by atoms with Crippen molar-refractivity contribution >= 4 is 23.2 Å². The number of thiophene rings is 1. The SMILES string of the molecule is CC[C@H]1CCN[C@@H](C(=O)N[C@@H](C)C(=O)NCc2cc3c(s2)CNC3)C1. The van der Waals surface area contributed by atoms with Gasteiger partial charge >= 0.3 is 0 Å². The average molecular weight is 365 g/mol. The second-order valence-corrected chi connectivity index (χ2v) is 8.24. The quantitative estimate of drug-likeness (QED) is 0.612. The number of nitrogens with one attached hydrogen (secondary N) is 4. The fraction of sp³-hybridized carbons (Fsp3) is 0.667. The molecule has 25 heavy (non-hydrogen) atoms. The Kier molecular flexibility index (Phi) is 6.09. The molecule has 3 heterocycles. The number of piperidine rings is 1. The van der Waals surface area contributed by atoms with E-state index >= 15 is 0 Å². The van der Waals surface area contributed by atoms with Crippen LogP contribution in [0.25, 0.3) is 0 Å². The van der Waals surface area contributed by atoms with Gasteiger partial charge in [-0.3, -0.25) is 9.59 Å². The molecular weight excluding hydrogens is 336 g/mol. The lowest BCUT2D eigenvalue weighted by Gasteiger charge is -2.29. The van der Waals surface area contributed by atoms with Crippen molar-refractivity contribution in [3.05, 3.63) is 21.4 Å². The van der Waals surface area contributed by atoms with E-state index in [0.717, 1.165) is 43.8 Å². The summed E-state index contributed by atoms with van der Waals surface area (Å²) in [5, 5.41) is 12.3. The summed E-state index contributed by atoms with van der Waals surface area (Å²) in [7, 11) is 0. The second kappa shape index (κ2) is 8.29. The van der Waals surface area contributed by atoms with Gasteiger partial charge in [-0.2, -0.15) is 0 Å². The molecule has 0 bridgehead atoms. The van der Waals surface area contributed by atoms with Crippen molar-refractivity contribution in [3.63, 3.8) is 0 Å². The molecule has 3 atom stereocenters. The van der Waals surface area contributed by atoms with Crippen LogP contribution in [0, 0.1) is 5.92 Å². The maximum Gasteiger partial charge on any atom is 0.242 e. The van der Waals surface area contributed by atoms with Crippen molar-refractivity contribution in [2.45, 2.75) is 64.8 Å². The Bertz CT molecular complexity index is 609. The summed E-state index contributed by atoms with van der Waals surface area (Å²) in [5.74, 6) is 0.390. The number of fused-ring (bicyclic) bond motifs is 1. The van der Waals surface area contributed by atoms with Gasteiger partial charge in [-0.25, -0.2) is 0 Å². The zero-order chi connectivity index (χ0) is 17.8. The van der Waals surface area contributed by atoms with Crippen molar-refractivity contribution in [2.75, 3.05) is 6.54 Å². The molecule has 2 amide bonds. The van der Waals surface area contributed by atoms with E-state index in [-0.39, 0.29) is 17.9 Å². The predicted octanol–water partition coefficient (Wildman–Crippen LogP) is 1.25. The minimum Gasteiger partial charge on any atom is -0.349 e. The molecule has 0 aromatic carbocycles. The Morgan fingerprint density at radius 3 is 3.00 bits per heavy atom. The second-order valence-electron chi connectivity index (χ2n) is 7.02. The molecular formula is C18H28N4O2S. The number of carbonyl (C=O) groups excluding carboxylic acids is 2. The zero-order valence-electron chi connectivity index (χ0n) is 15.0. The number of hydrogen-bond acceptors (Lipinski definition) is 5. The highest BCUT2D eigenvalue weighted by Crippen LogP contribution is 2.26. The van der Waals surface area contributed by atoms with Crippen molar-refractivity contribution in [2.24, 2.45) is 5.92 Å². The molecule has 1 saturated heterocycles. The lowest BCUT2D eigenvalue weighted by molar-refractivity contribution is -0.130. The van der Waals surface area contributed by atoms with E-state index in [1.807, 2.05) is 0 Å². The van der Waals surface area contributed by atoms with Crippen LogP contribution in [0.15, 0.2) is 6.07 Å². The Morgan fingerprint density at radius 2 is 2.24 bits per heavy atom. The van der Waals surface area contributed by atoms with Gasteiger partial charge in [-0.1, -0.05) is 13.3 Å². The summed E-state index contributed by atoms with van der Waals surface area (Å²) in [5.41, 5.74) is 1.34. The van der Waals surface area contributed by atoms with Crippen molar-refractivity contribution < 1.29 is 9.59 Å². The normalized spacial score (nSPS) is 23.8. The van der Waals surface area contributed by atoms with Crippen LogP contribution in [0.2, 0.25) is 0 Å². The standard InChI is InChI=1S/C18H28N4O2S/c1-3-12-4-5-20-15(6-12)18(24)22-11(2)17(23)21-9-14-7-13-8-19-10-16(13)25-14/h7,11-12,15,19-20H,3-6,8-10H2,1-2H3,(H,21,23)(H,22,24)/t11-,12-,15+/m0/s1. The molecule has 2 aliphatic heterocycles. The third-order valence-electron chi connectivity index (χ3n) is 5.14. The van der Waals surface area contributed by atoms with Crippen LogP contribution in [0.3, 0.4) is 0 Å². The molecule has 4 N–H and O–H groups in total. The summed E-state index contributed by atoms with van der Waals surface area (Å²) in [4.78, 5) is 27.2. The lowest BCUT2D eigenvalue weighted by Crippen LogP contribution is -2.53. The Morgan fingerprint density at radius 1 is 1.40 bits per heavy atom. The fourth-order valence-electron chi connectivity index (χ4n) is 3.50. The van der Waals surface area contributed by atoms with Crippen LogP contribution >= 0.6 is 11.3 Å². The van der Waals surface area contributed by atoms with Crippen LogP contribution in [-0.2, 0) is 29.2 Å². The molecule has 0 aliphatic carbocycles. The summed E-state index contributed by atoms with van der Waals surface area (Å²) in [6.45, 7) is 7.14. The van der Waals surface area contributed by atoms with Crippen molar-refractivity contribution in [1.82, 2.24) is 21.3 Å². The molecule has 1 fully saturated rings. The van der Waals surface area contributed by atoms with E-state index in [2.05, 4.69) is 34.3 Å². The Balaban J connectivity index is 1.44. The van der Waals surface area contributed by atoms with Gasteiger partial charge < -0.3 is 21.3 Å². The molecule has 7 heteroatoms. The van der Waals surface area contributed by atoms with Crippen LogP contribution in [0.4, 0.5) is 0 Å². The van der Waals surface area contributed by atoms with Gasteiger partial charge in [0.15, 0.2) is 0 Å². The third-order valence-corrected chi connectivity index (χ3v) is 6.32. The highest BCUT2D eigenvalue weighted by Gasteiger charge is 2.27. The van der Waals surface area contributed by atoms with E-state index < -0.39 is 6.04 Å². The largest absolute Gasteiger partial charge is 0.349 e. The maximum absolute atomic E-state index is 12.4. The summed E-state index contributed by atoms with van der Waals surface area (Å²) < 4.78 is 0. The van der Waals surface area contributed by atoms with Crippen molar-refractivity contribution in [3.8, 4) is 0 Å². The van der Waals surface area contributed by atoms with Crippen LogP contribution in [0.1, 0.15) is 48.4 Å². The smallest absolute Gasteiger partial charge is 0.242 e. The van der Waals surface area contributed by atoms with E-state index in [4.69, 9.17) is 0 Å². The molecule has 1 aromatic rings. The fourth-order valence-corrected chi connectivity index (χ4v) is 4.60. The van der Waals surface area contributed by atoms with Gasteiger partial charge in [0.1, 0.15) is 6.04 Å².